The molecule has 4 saturated carbocycles. The molecule has 2 aromatic carbocycles. The molecule has 6 fully saturated rings. The van der Waals surface area contributed by atoms with E-state index < -0.39 is 34.2 Å². The van der Waals surface area contributed by atoms with Crippen molar-refractivity contribution < 1.29 is 61.0 Å². The van der Waals surface area contributed by atoms with Crippen LogP contribution in [-0.4, -0.2) is 116 Å². The molecule has 54 heavy (non-hydrogen) atoms. The maximum atomic E-state index is 12.8. The van der Waals surface area contributed by atoms with Crippen molar-refractivity contribution in [2.75, 3.05) is 39.1 Å². The molecule has 12 heteroatoms. The largest absolute Gasteiger partial charge is 1.00 e. The van der Waals surface area contributed by atoms with E-state index >= 15 is 0 Å². The molecule has 7 unspecified atom stereocenters. The van der Waals surface area contributed by atoms with Crippen molar-refractivity contribution >= 4 is 27.5 Å². The Hall–Kier alpha value is -2.22. The molecule has 10 aliphatic rings. The molecule has 4 bridgehead atoms. The first-order valence-electron chi connectivity index (χ1n) is 19.9. The van der Waals surface area contributed by atoms with E-state index in [0.29, 0.717) is 37.2 Å². The van der Waals surface area contributed by atoms with E-state index in [2.05, 4.69) is 27.9 Å². The number of halogens is 2. The van der Waals surface area contributed by atoms with Crippen LogP contribution in [0.1, 0.15) is 86.5 Å². The number of likely N-dealkylation sites (tertiary alicyclic amines) is 2. The van der Waals surface area contributed by atoms with Gasteiger partial charge in [0.15, 0.2) is 46.8 Å². The Bertz CT molecular complexity index is 1940. The first kappa shape index (κ1) is 37.4. The van der Waals surface area contributed by atoms with E-state index in [-0.39, 0.29) is 52.1 Å². The van der Waals surface area contributed by atoms with E-state index in [1.807, 2.05) is 18.0 Å². The molecule has 0 aromatic heterocycles. The quantitative estimate of drug-likeness (QED) is 0.264. The number of phenolic OH excluding ortho intramolecular Hbond substituents is 2. The Morgan fingerprint density at radius 2 is 1.31 bits per heavy atom. The van der Waals surface area contributed by atoms with Crippen LogP contribution >= 0.6 is 15.9 Å². The van der Waals surface area contributed by atoms with Gasteiger partial charge in [0.2, 0.25) is 0 Å². The molecule has 6 aliphatic carbocycles. The van der Waals surface area contributed by atoms with Gasteiger partial charge in [0.05, 0.1) is 36.6 Å². The predicted octanol–water partition coefficient (Wildman–Crippen LogP) is 1.21. The van der Waals surface area contributed by atoms with Crippen LogP contribution < -0.4 is 26.5 Å². The third-order valence-electron chi connectivity index (χ3n) is 15.8. The fourth-order valence-corrected chi connectivity index (χ4v) is 13.2. The van der Waals surface area contributed by atoms with Gasteiger partial charge in [-0.3, -0.25) is 14.5 Å². The Morgan fingerprint density at radius 3 is 1.89 bits per heavy atom. The van der Waals surface area contributed by atoms with Gasteiger partial charge in [-0.15, -0.1) is 0 Å². The summed E-state index contributed by atoms with van der Waals surface area (Å²) < 4.78 is 13.0. The minimum atomic E-state index is -0.940. The van der Waals surface area contributed by atoms with Crippen molar-refractivity contribution in [3.05, 3.63) is 46.5 Å². The predicted molar refractivity (Wildman–Crippen MR) is 199 cm³/mol. The summed E-state index contributed by atoms with van der Waals surface area (Å²) in [7, 11) is 2.31. The number of alkyl halides is 1. The number of nitrogens with zero attached hydrogens (tertiary/aromatic N) is 2. The summed E-state index contributed by atoms with van der Waals surface area (Å²) in [5.41, 5.74) is 0.946. The number of quaternary nitrogens is 1. The van der Waals surface area contributed by atoms with E-state index in [1.54, 1.807) is 12.1 Å². The molecule has 2 spiro atoms. The van der Waals surface area contributed by atoms with Crippen molar-refractivity contribution in [3.63, 3.8) is 0 Å². The molecular weight excluding hydrogens is 820 g/mol. The topological polar surface area (TPSA) is 137 Å². The second-order valence-electron chi connectivity index (χ2n) is 18.3. The smallest absolute Gasteiger partial charge is 0.174 e. The number of rotatable bonds is 4. The Morgan fingerprint density at radius 1 is 0.778 bits per heavy atom. The molecule has 0 radical (unpaired) electrons. The molecule has 2 aromatic rings. The van der Waals surface area contributed by atoms with Crippen molar-refractivity contribution in [2.24, 2.45) is 11.8 Å². The summed E-state index contributed by atoms with van der Waals surface area (Å²) in [4.78, 5) is 28.0. The lowest BCUT2D eigenvalue weighted by Gasteiger charge is -2.64. The van der Waals surface area contributed by atoms with Crippen LogP contribution in [0, 0.1) is 11.8 Å². The average Bonchev–Trinajstić information content (AvgIpc) is 4.07. The highest BCUT2D eigenvalue weighted by Crippen LogP contribution is 2.67. The van der Waals surface area contributed by atoms with Gasteiger partial charge in [-0.1, -0.05) is 28.1 Å². The van der Waals surface area contributed by atoms with Crippen molar-refractivity contribution in [1.82, 2.24) is 4.90 Å². The SMILES string of the molecule is CBr.C[N+]1(CC2CC2)CCC23c4c5ccc(O)c4OC2C(=O)CC[C@@]3(O)C1C5.O=C1CC[C@@]2(O)C3Cc4ccc(O)c5c4C2(CCN3CC2CC2)C1O5.[Br-]. The number of ketones is 2. The number of carbonyl (C=O) groups excluding carboxylic acids is 2. The molecule has 12 rings (SSSR count). The van der Waals surface area contributed by atoms with E-state index in [9.17, 15) is 30.0 Å². The van der Waals surface area contributed by atoms with E-state index in [4.69, 9.17) is 9.47 Å². The maximum absolute atomic E-state index is 12.8. The number of Topliss-reactive ketones (excluding diaryl/α,β-unsaturated/α-hetero) is 2. The molecule has 292 valence electrons. The van der Waals surface area contributed by atoms with Gasteiger partial charge < -0.3 is 51.4 Å². The van der Waals surface area contributed by atoms with Gasteiger partial charge >= 0.3 is 0 Å². The van der Waals surface area contributed by atoms with Crippen LogP contribution in [0.25, 0.3) is 0 Å². The molecule has 4 N–H and O–H groups in total. The molecular formula is C42H52Br2N2O8. The highest BCUT2D eigenvalue weighted by Gasteiger charge is 2.77. The normalized spacial score (nSPS) is 41.1. The van der Waals surface area contributed by atoms with Crippen LogP contribution in [0.3, 0.4) is 0 Å². The molecule has 0 amide bonds. The van der Waals surface area contributed by atoms with Crippen molar-refractivity contribution in [1.29, 1.82) is 0 Å². The van der Waals surface area contributed by atoms with Gasteiger partial charge in [-0.2, -0.15) is 0 Å². The minimum absolute atomic E-state index is 0. The number of piperidine rings is 2. The Kier molecular flexibility index (Phi) is 8.57. The maximum Gasteiger partial charge on any atom is 0.174 e. The lowest BCUT2D eigenvalue weighted by Crippen LogP contribution is -3.00. The third-order valence-corrected chi connectivity index (χ3v) is 15.8. The number of carbonyl (C=O) groups is 2. The van der Waals surface area contributed by atoms with Crippen LogP contribution in [0.15, 0.2) is 24.3 Å². The van der Waals surface area contributed by atoms with E-state index in [1.165, 1.54) is 25.7 Å². The summed E-state index contributed by atoms with van der Waals surface area (Å²) >= 11 is 2.94. The molecule has 2 saturated heterocycles. The van der Waals surface area contributed by atoms with Crippen LogP contribution in [0.4, 0.5) is 0 Å². The monoisotopic (exact) mass is 870 g/mol. The standard InChI is InChI=1S/C21H25NO4.C20H23NO4.CH3Br.BrH/c1-22(11-12-2-3-12)9-8-20-17-13-4-5-14(23)18(17)26-19(20)15(24)6-7-21(20,25)16(22)10-13;22-13-4-3-12-9-15-20(24)6-5-14(23)18-19(20,16(12)17(13)25-18)7-8-21(15)10-11-1-2-11;1-2;/h4-5,12,16,19,25H,2-3,6-11H2,1H3;3-4,11,15,18,22,24H,1-2,5-10H2;1H3;1H/t16?,19?,20?,21-,22?;15?,18?,19?,20-;;/m11../s1. The zero-order chi connectivity index (χ0) is 36.9. The van der Waals surface area contributed by atoms with Crippen LogP contribution in [0.5, 0.6) is 23.0 Å². The molecule has 9 atom stereocenters. The second kappa shape index (κ2) is 12.4. The fourth-order valence-electron chi connectivity index (χ4n) is 13.2. The number of likely N-dealkylation sites (N-methyl/N-ethyl adjacent to an activating group) is 1. The highest BCUT2D eigenvalue weighted by molar-refractivity contribution is 9.08. The number of aliphatic hydroxyl groups is 2. The number of hydrogen-bond donors (Lipinski definition) is 4. The number of aromatic hydroxyl groups is 2. The highest BCUT2D eigenvalue weighted by atomic mass is 79.9. The summed E-state index contributed by atoms with van der Waals surface area (Å²) in [5, 5.41) is 44.8. The molecule has 4 aliphatic heterocycles. The first-order valence-corrected chi connectivity index (χ1v) is 21.5. The first-order chi connectivity index (χ1) is 25.4. The lowest BCUT2D eigenvalue weighted by atomic mass is 9.48. The van der Waals surface area contributed by atoms with Gasteiger partial charge in [0, 0.05) is 55.3 Å². The van der Waals surface area contributed by atoms with Gasteiger partial charge in [-0.25, -0.2) is 0 Å². The van der Waals surface area contributed by atoms with Gasteiger partial charge in [0.25, 0.3) is 0 Å². The number of benzene rings is 2. The number of ether oxygens (including phenoxy) is 2. The molecule has 10 nitrogen and oxygen atoms in total. The van der Waals surface area contributed by atoms with Crippen LogP contribution in [0.2, 0.25) is 0 Å². The zero-order valence-corrected chi connectivity index (χ0v) is 34.3. The number of phenols is 2. The lowest BCUT2D eigenvalue weighted by molar-refractivity contribution is -0.950. The third kappa shape index (κ3) is 4.64. The molecule has 4 heterocycles. The summed E-state index contributed by atoms with van der Waals surface area (Å²) in [6.45, 7) is 4.04. The second-order valence-corrected chi connectivity index (χ2v) is 18.3. The van der Waals surface area contributed by atoms with Crippen molar-refractivity contribution in [3.8, 4) is 23.0 Å². The van der Waals surface area contributed by atoms with Gasteiger partial charge in [0.1, 0.15) is 11.6 Å². The Balaban J connectivity index is 0.000000134. The zero-order valence-electron chi connectivity index (χ0n) is 31.2. The van der Waals surface area contributed by atoms with Crippen LogP contribution in [-0.2, 0) is 33.3 Å². The van der Waals surface area contributed by atoms with Gasteiger partial charge in [-0.05, 0) is 92.9 Å². The Labute approximate surface area is 335 Å². The minimum Gasteiger partial charge on any atom is -1.00 e. The summed E-state index contributed by atoms with van der Waals surface area (Å²) in [6, 6.07) is 7.47. The average molecular weight is 873 g/mol. The number of hydrogen-bond acceptors (Lipinski definition) is 9. The summed E-state index contributed by atoms with van der Waals surface area (Å²) in [5.74, 6) is 4.62. The van der Waals surface area contributed by atoms with Crippen molar-refractivity contribution in [2.45, 2.75) is 123 Å². The fraction of sp³-hybridized carbons (Fsp3) is 0.667. The van der Waals surface area contributed by atoms with E-state index in [0.717, 1.165) is 90.4 Å². The summed E-state index contributed by atoms with van der Waals surface area (Å²) in [6.07, 6.45) is 8.74.